The Morgan fingerprint density at radius 3 is 2.81 bits per heavy atom. The molecule has 2 rings (SSSR count). The first-order chi connectivity index (χ1) is 7.68. The Bertz CT molecular complexity index is 449. The van der Waals surface area contributed by atoms with Gasteiger partial charge in [-0.1, -0.05) is 18.2 Å². The van der Waals surface area contributed by atoms with Gasteiger partial charge in [0.2, 0.25) is 0 Å². The molecular weight excluding hydrogens is 210 g/mol. The number of carbonyl (C=O) groups is 1. The van der Waals surface area contributed by atoms with Crippen LogP contribution in [-0.4, -0.2) is 5.78 Å². The second kappa shape index (κ2) is 4.56. The molecule has 0 spiro atoms. The number of ketones is 1. The average Bonchev–Trinajstić information content (AvgIpc) is 2.78. The highest BCUT2D eigenvalue weighted by Gasteiger charge is 2.16. The molecule has 0 saturated carbocycles. The molecule has 0 fully saturated rings. The summed E-state index contributed by atoms with van der Waals surface area (Å²) in [5, 5.41) is 0. The normalized spacial score (nSPS) is 15.0. The molecule has 0 aromatic heterocycles. The van der Waals surface area contributed by atoms with Gasteiger partial charge in [0.25, 0.3) is 0 Å². The first-order valence-electron chi connectivity index (χ1n) is 5.33. The molecule has 0 amide bonds. The van der Waals surface area contributed by atoms with Gasteiger partial charge in [-0.3, -0.25) is 4.79 Å². The van der Waals surface area contributed by atoms with Crippen LogP contribution in [0.3, 0.4) is 0 Å². The summed E-state index contributed by atoms with van der Waals surface area (Å²) in [6, 6.07) is 3.92. The fourth-order valence-electron chi connectivity index (χ4n) is 1.90. The molecule has 3 heteroatoms. The van der Waals surface area contributed by atoms with E-state index in [1.54, 1.807) is 0 Å². The molecule has 84 valence electrons. The standard InChI is InChI=1S/C13H12F2O/c14-11-7-3-6-10(13(11)15)8-12(16)9-4-1-2-5-9/h3-4,6-7H,1-2,5,8H2. The van der Waals surface area contributed by atoms with Crippen molar-refractivity contribution in [3.63, 3.8) is 0 Å². The van der Waals surface area contributed by atoms with Crippen LogP contribution in [-0.2, 0) is 11.2 Å². The summed E-state index contributed by atoms with van der Waals surface area (Å²) in [6.45, 7) is 0. The van der Waals surface area contributed by atoms with Crippen molar-refractivity contribution in [1.82, 2.24) is 0 Å². The van der Waals surface area contributed by atoms with Gasteiger partial charge < -0.3 is 0 Å². The van der Waals surface area contributed by atoms with E-state index in [0.717, 1.165) is 30.9 Å². The monoisotopic (exact) mass is 222 g/mol. The van der Waals surface area contributed by atoms with Crippen LogP contribution in [0.25, 0.3) is 0 Å². The summed E-state index contributed by atoms with van der Waals surface area (Å²) in [5.41, 5.74) is 0.890. The van der Waals surface area contributed by atoms with Gasteiger partial charge in [0.05, 0.1) is 0 Å². The Labute approximate surface area is 92.8 Å². The summed E-state index contributed by atoms with van der Waals surface area (Å²) in [7, 11) is 0. The van der Waals surface area contributed by atoms with E-state index in [-0.39, 0.29) is 17.8 Å². The van der Waals surface area contributed by atoms with E-state index in [0.29, 0.717) is 0 Å². The molecule has 1 aliphatic rings. The minimum atomic E-state index is -0.908. The maximum atomic E-state index is 13.3. The van der Waals surface area contributed by atoms with Crippen molar-refractivity contribution < 1.29 is 13.6 Å². The van der Waals surface area contributed by atoms with Gasteiger partial charge in [0.15, 0.2) is 17.4 Å². The van der Waals surface area contributed by atoms with Gasteiger partial charge in [-0.05, 0) is 36.5 Å². The number of rotatable bonds is 3. The molecule has 16 heavy (non-hydrogen) atoms. The third-order valence-corrected chi connectivity index (χ3v) is 2.78. The molecular formula is C13H12F2O. The molecule has 0 N–H and O–H groups in total. The Morgan fingerprint density at radius 2 is 2.12 bits per heavy atom. The molecule has 1 aromatic rings. The third-order valence-electron chi connectivity index (χ3n) is 2.78. The van der Waals surface area contributed by atoms with Gasteiger partial charge in [-0.2, -0.15) is 0 Å². The smallest absolute Gasteiger partial charge is 0.163 e. The molecule has 1 aliphatic carbocycles. The molecule has 0 atom stereocenters. The molecule has 1 nitrogen and oxygen atoms in total. The van der Waals surface area contributed by atoms with Crippen LogP contribution in [0.5, 0.6) is 0 Å². The van der Waals surface area contributed by atoms with Gasteiger partial charge in [-0.15, -0.1) is 0 Å². The molecule has 0 unspecified atom stereocenters. The zero-order valence-corrected chi connectivity index (χ0v) is 8.80. The number of benzene rings is 1. The zero-order chi connectivity index (χ0) is 11.5. The van der Waals surface area contributed by atoms with E-state index in [2.05, 4.69) is 0 Å². The summed E-state index contributed by atoms with van der Waals surface area (Å²) >= 11 is 0. The summed E-state index contributed by atoms with van der Waals surface area (Å²) in [5.74, 6) is -1.90. The van der Waals surface area contributed by atoms with Crippen LogP contribution in [0.4, 0.5) is 8.78 Å². The lowest BCUT2D eigenvalue weighted by atomic mass is 10.0. The Hall–Kier alpha value is -1.51. The van der Waals surface area contributed by atoms with Crippen molar-refractivity contribution >= 4 is 5.78 Å². The highest BCUT2D eigenvalue weighted by atomic mass is 19.2. The van der Waals surface area contributed by atoms with E-state index in [4.69, 9.17) is 0 Å². The number of hydrogen-bond donors (Lipinski definition) is 0. The van der Waals surface area contributed by atoms with Gasteiger partial charge in [-0.25, -0.2) is 8.78 Å². The SMILES string of the molecule is O=C(Cc1cccc(F)c1F)C1=CCCC1. The van der Waals surface area contributed by atoms with Gasteiger partial charge >= 0.3 is 0 Å². The molecule has 0 radical (unpaired) electrons. The van der Waals surface area contributed by atoms with Crippen LogP contribution in [0.15, 0.2) is 29.8 Å². The molecule has 0 heterocycles. The molecule has 0 aliphatic heterocycles. The lowest BCUT2D eigenvalue weighted by Crippen LogP contribution is -2.07. The quantitative estimate of drug-likeness (QED) is 0.767. The van der Waals surface area contributed by atoms with Crippen molar-refractivity contribution in [2.45, 2.75) is 25.7 Å². The number of carbonyl (C=O) groups excluding carboxylic acids is 1. The highest BCUT2D eigenvalue weighted by molar-refractivity contribution is 5.97. The van der Waals surface area contributed by atoms with Crippen molar-refractivity contribution in [3.05, 3.63) is 47.0 Å². The predicted molar refractivity (Wildman–Crippen MR) is 57.0 cm³/mol. The third kappa shape index (κ3) is 2.18. The fraction of sp³-hybridized carbons (Fsp3) is 0.308. The Morgan fingerprint density at radius 1 is 1.31 bits per heavy atom. The van der Waals surface area contributed by atoms with Crippen molar-refractivity contribution in [3.8, 4) is 0 Å². The van der Waals surface area contributed by atoms with Crippen LogP contribution in [0, 0.1) is 11.6 Å². The fourth-order valence-corrected chi connectivity index (χ4v) is 1.90. The van der Waals surface area contributed by atoms with Crippen LogP contribution >= 0.6 is 0 Å². The van der Waals surface area contributed by atoms with Crippen LogP contribution in [0.2, 0.25) is 0 Å². The first-order valence-corrected chi connectivity index (χ1v) is 5.33. The van der Waals surface area contributed by atoms with Gasteiger partial charge in [0.1, 0.15) is 0 Å². The first kappa shape index (κ1) is 11.0. The molecule has 1 aromatic carbocycles. The van der Waals surface area contributed by atoms with E-state index in [1.165, 1.54) is 12.1 Å². The minimum Gasteiger partial charge on any atom is -0.294 e. The van der Waals surface area contributed by atoms with Crippen molar-refractivity contribution in [2.24, 2.45) is 0 Å². The van der Waals surface area contributed by atoms with Crippen LogP contribution in [0.1, 0.15) is 24.8 Å². The van der Waals surface area contributed by atoms with E-state index in [1.807, 2.05) is 6.08 Å². The lowest BCUT2D eigenvalue weighted by Gasteiger charge is -2.04. The Kier molecular flexibility index (Phi) is 3.13. The van der Waals surface area contributed by atoms with E-state index in [9.17, 15) is 13.6 Å². The average molecular weight is 222 g/mol. The minimum absolute atomic E-state index is 0.0462. The second-order valence-corrected chi connectivity index (χ2v) is 3.93. The Balaban J connectivity index is 2.14. The summed E-state index contributed by atoms with van der Waals surface area (Å²) in [6.07, 6.45) is 4.49. The van der Waals surface area contributed by atoms with Crippen LogP contribution < -0.4 is 0 Å². The summed E-state index contributed by atoms with van der Waals surface area (Å²) < 4.78 is 26.2. The van der Waals surface area contributed by atoms with Gasteiger partial charge in [0, 0.05) is 6.42 Å². The van der Waals surface area contributed by atoms with Crippen molar-refractivity contribution in [1.29, 1.82) is 0 Å². The maximum absolute atomic E-state index is 13.3. The lowest BCUT2D eigenvalue weighted by molar-refractivity contribution is -0.115. The number of hydrogen-bond acceptors (Lipinski definition) is 1. The predicted octanol–water partition coefficient (Wildman–Crippen LogP) is 3.19. The van der Waals surface area contributed by atoms with E-state index >= 15 is 0 Å². The largest absolute Gasteiger partial charge is 0.294 e. The zero-order valence-electron chi connectivity index (χ0n) is 8.80. The maximum Gasteiger partial charge on any atom is 0.163 e. The highest BCUT2D eigenvalue weighted by Crippen LogP contribution is 2.21. The van der Waals surface area contributed by atoms with E-state index < -0.39 is 11.6 Å². The number of halogens is 2. The molecule has 0 bridgehead atoms. The summed E-state index contributed by atoms with van der Waals surface area (Å²) in [4.78, 5) is 11.7. The topological polar surface area (TPSA) is 17.1 Å². The number of Topliss-reactive ketones (excluding diaryl/α,β-unsaturated/α-hetero) is 1. The van der Waals surface area contributed by atoms with Crippen molar-refractivity contribution in [2.75, 3.05) is 0 Å². The second-order valence-electron chi connectivity index (χ2n) is 3.93. The number of allylic oxidation sites excluding steroid dienone is 2. The molecule has 0 saturated heterocycles.